The highest BCUT2D eigenvalue weighted by Gasteiger charge is 2.08. The first-order chi connectivity index (χ1) is 9.66. The molecule has 0 bridgehead atoms. The Labute approximate surface area is 120 Å². The molecular weight excluding hydrogens is 250 g/mol. The lowest BCUT2D eigenvalue weighted by Gasteiger charge is -2.08. The van der Waals surface area contributed by atoms with Gasteiger partial charge in [-0.05, 0) is 32.8 Å². The third-order valence-corrected chi connectivity index (χ3v) is 3.19. The fourth-order valence-electron chi connectivity index (χ4n) is 2.22. The Kier molecular flexibility index (Phi) is 4.71. The summed E-state index contributed by atoms with van der Waals surface area (Å²) in [4.78, 5) is 9.06. The Morgan fingerprint density at radius 1 is 1.10 bits per heavy atom. The van der Waals surface area contributed by atoms with E-state index in [0.717, 1.165) is 42.4 Å². The highest BCUT2D eigenvalue weighted by atomic mass is 15.3. The van der Waals surface area contributed by atoms with E-state index in [-0.39, 0.29) is 0 Å². The van der Waals surface area contributed by atoms with Crippen molar-refractivity contribution < 1.29 is 0 Å². The van der Waals surface area contributed by atoms with Crippen LogP contribution in [-0.2, 0) is 19.4 Å². The van der Waals surface area contributed by atoms with Gasteiger partial charge in [0, 0.05) is 24.0 Å². The molecule has 108 valence electrons. The molecule has 5 heteroatoms. The van der Waals surface area contributed by atoms with Gasteiger partial charge in [-0.3, -0.25) is 4.68 Å². The van der Waals surface area contributed by atoms with Crippen molar-refractivity contribution in [3.05, 3.63) is 35.0 Å². The van der Waals surface area contributed by atoms with E-state index in [0.29, 0.717) is 6.54 Å². The molecule has 0 saturated carbocycles. The minimum absolute atomic E-state index is 0.628. The summed E-state index contributed by atoms with van der Waals surface area (Å²) >= 11 is 0. The average molecular weight is 273 g/mol. The summed E-state index contributed by atoms with van der Waals surface area (Å²) in [6.45, 7) is 9.81. The van der Waals surface area contributed by atoms with Crippen molar-refractivity contribution in [2.45, 2.75) is 47.1 Å². The molecule has 2 rings (SSSR count). The standard InChI is InChI=1S/C15H23N5/c1-5-12-9-13(6-2)20(19-12)10-15-17-11(4)8-14(18-15)16-7-3/h8-9H,5-7,10H2,1-4H3,(H,16,17,18). The molecule has 2 aromatic rings. The van der Waals surface area contributed by atoms with E-state index in [2.05, 4.69) is 47.2 Å². The van der Waals surface area contributed by atoms with Gasteiger partial charge in [0.1, 0.15) is 12.4 Å². The van der Waals surface area contributed by atoms with Crippen molar-refractivity contribution >= 4 is 5.82 Å². The lowest BCUT2D eigenvalue weighted by Crippen LogP contribution is -2.11. The van der Waals surface area contributed by atoms with Gasteiger partial charge in [-0.25, -0.2) is 9.97 Å². The molecule has 0 radical (unpaired) electrons. The number of rotatable bonds is 6. The van der Waals surface area contributed by atoms with Crippen molar-refractivity contribution in [1.29, 1.82) is 0 Å². The molecule has 2 heterocycles. The van der Waals surface area contributed by atoms with E-state index < -0.39 is 0 Å². The molecule has 0 atom stereocenters. The van der Waals surface area contributed by atoms with Crippen LogP contribution in [0.2, 0.25) is 0 Å². The van der Waals surface area contributed by atoms with Gasteiger partial charge in [-0.1, -0.05) is 13.8 Å². The average Bonchev–Trinajstić information content (AvgIpc) is 2.80. The van der Waals surface area contributed by atoms with Gasteiger partial charge in [-0.15, -0.1) is 0 Å². The molecule has 0 aliphatic carbocycles. The number of hydrogen-bond donors (Lipinski definition) is 1. The van der Waals surface area contributed by atoms with Crippen LogP contribution < -0.4 is 5.32 Å². The van der Waals surface area contributed by atoms with Gasteiger partial charge in [0.15, 0.2) is 5.82 Å². The summed E-state index contributed by atoms with van der Waals surface area (Å²) in [5.41, 5.74) is 3.34. The molecular formula is C15H23N5. The third kappa shape index (κ3) is 3.35. The molecule has 0 aliphatic rings. The molecule has 0 aromatic carbocycles. The first-order valence-corrected chi connectivity index (χ1v) is 7.30. The van der Waals surface area contributed by atoms with Crippen molar-refractivity contribution in [2.75, 3.05) is 11.9 Å². The van der Waals surface area contributed by atoms with E-state index in [9.17, 15) is 0 Å². The minimum Gasteiger partial charge on any atom is -0.370 e. The molecule has 1 N–H and O–H groups in total. The SMILES string of the molecule is CCNc1cc(C)nc(Cn2nc(CC)cc2CC)n1. The Morgan fingerprint density at radius 2 is 1.90 bits per heavy atom. The number of nitrogens with one attached hydrogen (secondary N) is 1. The summed E-state index contributed by atoms with van der Waals surface area (Å²) in [6, 6.07) is 4.13. The van der Waals surface area contributed by atoms with E-state index >= 15 is 0 Å². The monoisotopic (exact) mass is 273 g/mol. The Balaban J connectivity index is 2.27. The van der Waals surface area contributed by atoms with Crippen LogP contribution in [0, 0.1) is 6.92 Å². The summed E-state index contributed by atoms with van der Waals surface area (Å²) in [6.07, 6.45) is 1.93. The Hall–Kier alpha value is -1.91. The predicted molar refractivity (Wildman–Crippen MR) is 81.0 cm³/mol. The van der Waals surface area contributed by atoms with Gasteiger partial charge in [0.25, 0.3) is 0 Å². The fraction of sp³-hybridized carbons (Fsp3) is 0.533. The number of aromatic nitrogens is 4. The zero-order chi connectivity index (χ0) is 14.5. The van der Waals surface area contributed by atoms with E-state index in [1.54, 1.807) is 0 Å². The number of hydrogen-bond acceptors (Lipinski definition) is 4. The maximum Gasteiger partial charge on any atom is 0.152 e. The summed E-state index contributed by atoms with van der Waals surface area (Å²) in [5.74, 6) is 1.69. The Morgan fingerprint density at radius 3 is 2.55 bits per heavy atom. The van der Waals surface area contributed by atoms with Crippen LogP contribution in [0.15, 0.2) is 12.1 Å². The van der Waals surface area contributed by atoms with Crippen LogP contribution in [0.1, 0.15) is 43.7 Å². The molecule has 20 heavy (non-hydrogen) atoms. The molecule has 0 unspecified atom stereocenters. The normalized spacial score (nSPS) is 10.8. The van der Waals surface area contributed by atoms with E-state index in [1.165, 1.54) is 5.69 Å². The second-order valence-electron chi connectivity index (χ2n) is 4.83. The number of anilines is 1. The van der Waals surface area contributed by atoms with Crippen molar-refractivity contribution in [3.63, 3.8) is 0 Å². The molecule has 0 spiro atoms. The second-order valence-corrected chi connectivity index (χ2v) is 4.83. The van der Waals surface area contributed by atoms with Crippen LogP contribution in [0.5, 0.6) is 0 Å². The van der Waals surface area contributed by atoms with Gasteiger partial charge < -0.3 is 5.32 Å². The lowest BCUT2D eigenvalue weighted by atomic mass is 10.2. The van der Waals surface area contributed by atoms with Crippen molar-refractivity contribution in [3.8, 4) is 0 Å². The number of nitrogens with zero attached hydrogens (tertiary/aromatic N) is 4. The lowest BCUT2D eigenvalue weighted by molar-refractivity contribution is 0.615. The van der Waals surface area contributed by atoms with Crippen LogP contribution in [-0.4, -0.2) is 26.3 Å². The van der Waals surface area contributed by atoms with Gasteiger partial charge in [-0.2, -0.15) is 5.10 Å². The quantitative estimate of drug-likeness (QED) is 0.879. The van der Waals surface area contributed by atoms with Gasteiger partial charge in [0.2, 0.25) is 0 Å². The second kappa shape index (κ2) is 6.50. The summed E-state index contributed by atoms with van der Waals surface area (Å²) in [5, 5.41) is 7.86. The van der Waals surface area contributed by atoms with Crippen LogP contribution in [0.25, 0.3) is 0 Å². The first-order valence-electron chi connectivity index (χ1n) is 7.30. The molecule has 0 amide bonds. The predicted octanol–water partition coefficient (Wildman–Crippen LogP) is 2.59. The van der Waals surface area contributed by atoms with Crippen molar-refractivity contribution in [1.82, 2.24) is 19.7 Å². The minimum atomic E-state index is 0.628. The zero-order valence-electron chi connectivity index (χ0n) is 12.8. The molecule has 0 aliphatic heterocycles. The van der Waals surface area contributed by atoms with Crippen LogP contribution in [0.3, 0.4) is 0 Å². The van der Waals surface area contributed by atoms with Crippen LogP contribution in [0.4, 0.5) is 5.82 Å². The highest BCUT2D eigenvalue weighted by Crippen LogP contribution is 2.11. The largest absolute Gasteiger partial charge is 0.370 e. The maximum absolute atomic E-state index is 4.62. The zero-order valence-corrected chi connectivity index (χ0v) is 12.8. The molecule has 0 fully saturated rings. The van der Waals surface area contributed by atoms with Gasteiger partial charge in [0.05, 0.1) is 5.69 Å². The highest BCUT2D eigenvalue weighted by molar-refractivity contribution is 5.35. The molecule has 2 aromatic heterocycles. The van der Waals surface area contributed by atoms with E-state index in [1.807, 2.05) is 17.7 Å². The topological polar surface area (TPSA) is 55.6 Å². The summed E-state index contributed by atoms with van der Waals surface area (Å²) in [7, 11) is 0. The Bertz CT molecular complexity index is 574. The molecule has 0 saturated heterocycles. The smallest absolute Gasteiger partial charge is 0.152 e. The van der Waals surface area contributed by atoms with Crippen molar-refractivity contribution in [2.24, 2.45) is 0 Å². The first kappa shape index (κ1) is 14.5. The number of aryl methyl sites for hydroxylation is 3. The summed E-state index contributed by atoms with van der Waals surface area (Å²) < 4.78 is 2.02. The van der Waals surface area contributed by atoms with E-state index in [4.69, 9.17) is 0 Å². The maximum atomic E-state index is 4.62. The molecule has 5 nitrogen and oxygen atoms in total. The fourth-order valence-corrected chi connectivity index (χ4v) is 2.22. The van der Waals surface area contributed by atoms with Gasteiger partial charge >= 0.3 is 0 Å². The third-order valence-electron chi connectivity index (χ3n) is 3.19. The van der Waals surface area contributed by atoms with Crippen LogP contribution >= 0.6 is 0 Å².